The van der Waals surface area contributed by atoms with Gasteiger partial charge in [0, 0.05) is 68.1 Å². The lowest BCUT2D eigenvalue weighted by atomic mass is 10.0. The van der Waals surface area contributed by atoms with Gasteiger partial charge in [-0.2, -0.15) is 4.98 Å². The number of piperazine rings is 1. The number of fused-ring (bicyclic) bond motifs is 4. The first kappa shape index (κ1) is 26.3. The van der Waals surface area contributed by atoms with Crippen molar-refractivity contribution >= 4 is 34.1 Å². The van der Waals surface area contributed by atoms with Crippen molar-refractivity contribution in [1.29, 1.82) is 0 Å². The molecule has 1 N–H and O–H groups in total. The second-order valence-corrected chi connectivity index (χ2v) is 12.1. The second-order valence-electron chi connectivity index (χ2n) is 12.1. The van der Waals surface area contributed by atoms with E-state index in [1.165, 1.54) is 13.0 Å². The van der Waals surface area contributed by atoms with Crippen molar-refractivity contribution in [2.75, 3.05) is 56.6 Å². The second kappa shape index (κ2) is 10.1. The van der Waals surface area contributed by atoms with Gasteiger partial charge in [-0.15, -0.1) is 0 Å². The number of pyridine rings is 1. The summed E-state index contributed by atoms with van der Waals surface area (Å²) < 4.78 is 23.4. The van der Waals surface area contributed by atoms with E-state index in [4.69, 9.17) is 9.72 Å². The van der Waals surface area contributed by atoms with Gasteiger partial charge in [0.1, 0.15) is 23.7 Å². The summed E-state index contributed by atoms with van der Waals surface area (Å²) in [6.07, 6.45) is 5.43. The number of anilines is 3. The van der Waals surface area contributed by atoms with E-state index in [0.717, 1.165) is 58.4 Å². The third-order valence-electron chi connectivity index (χ3n) is 9.33. The molecule has 0 radical (unpaired) electrons. The summed E-state index contributed by atoms with van der Waals surface area (Å²) in [7, 11) is 2.14. The molecule has 0 bridgehead atoms. The Balaban J connectivity index is 1.19. The summed E-state index contributed by atoms with van der Waals surface area (Å²) in [5.74, 6) is 0.154. The van der Waals surface area contributed by atoms with Gasteiger partial charge in [0.15, 0.2) is 11.6 Å². The van der Waals surface area contributed by atoms with Crippen molar-refractivity contribution in [3.05, 3.63) is 45.6 Å². The molecule has 4 aliphatic rings. The average molecular weight is 562 g/mol. The number of hydrogen-bond donors (Lipinski definition) is 1. The number of aryl methyl sites for hydroxylation is 1. The van der Waals surface area contributed by atoms with Gasteiger partial charge in [-0.3, -0.25) is 19.1 Å². The van der Waals surface area contributed by atoms with Crippen molar-refractivity contribution in [3.8, 4) is 5.75 Å². The SMILES string of the molecule is CC(=O)c1c(C)c2cnc(Nc3cc(F)c4c(c3)OC[C@H]3CN(C5CN(C)C5)CCN43)nc2n(C2CCCC2)c1=O. The molecule has 11 heteroatoms. The zero-order valence-electron chi connectivity index (χ0n) is 23.8. The highest BCUT2D eigenvalue weighted by molar-refractivity contribution is 5.99. The molecule has 2 saturated heterocycles. The van der Waals surface area contributed by atoms with E-state index < -0.39 is 0 Å². The summed E-state index contributed by atoms with van der Waals surface area (Å²) in [5, 5.41) is 3.81. The van der Waals surface area contributed by atoms with Crippen molar-refractivity contribution in [3.63, 3.8) is 0 Å². The zero-order valence-corrected chi connectivity index (χ0v) is 23.8. The number of benzene rings is 1. The molecule has 1 aromatic carbocycles. The van der Waals surface area contributed by atoms with E-state index in [1.807, 2.05) is 0 Å². The molecular weight excluding hydrogens is 525 g/mol. The minimum atomic E-state index is -0.350. The monoisotopic (exact) mass is 561 g/mol. The number of likely N-dealkylation sites (N-methyl/N-ethyl adjacent to an activating group) is 1. The molecule has 0 unspecified atom stereocenters. The van der Waals surface area contributed by atoms with Gasteiger partial charge in [0.05, 0.1) is 11.6 Å². The quantitative estimate of drug-likeness (QED) is 0.470. The fourth-order valence-electron chi connectivity index (χ4n) is 7.20. The predicted molar refractivity (Wildman–Crippen MR) is 155 cm³/mol. The molecule has 7 rings (SSSR count). The van der Waals surface area contributed by atoms with Crippen LogP contribution in [0.1, 0.15) is 54.6 Å². The molecule has 5 heterocycles. The number of ketones is 1. The van der Waals surface area contributed by atoms with Gasteiger partial charge in [0.25, 0.3) is 5.56 Å². The van der Waals surface area contributed by atoms with Crippen LogP contribution in [0.4, 0.5) is 21.7 Å². The lowest BCUT2D eigenvalue weighted by Crippen LogP contribution is -2.65. The molecule has 2 aromatic heterocycles. The normalized spacial score (nSPS) is 21.9. The van der Waals surface area contributed by atoms with Crippen molar-refractivity contribution in [2.24, 2.45) is 0 Å². The first-order valence-electron chi connectivity index (χ1n) is 14.6. The highest BCUT2D eigenvalue weighted by Gasteiger charge is 2.39. The highest BCUT2D eigenvalue weighted by Crippen LogP contribution is 2.41. The maximum absolute atomic E-state index is 15.6. The Labute approximate surface area is 238 Å². The van der Waals surface area contributed by atoms with Crippen molar-refractivity contribution in [1.82, 2.24) is 24.3 Å². The van der Waals surface area contributed by atoms with Crippen LogP contribution in [0.3, 0.4) is 0 Å². The fraction of sp³-hybridized carbons (Fsp3) is 0.533. The van der Waals surface area contributed by atoms with Crippen LogP contribution in [0.2, 0.25) is 0 Å². The topological polar surface area (TPSA) is 95.8 Å². The molecule has 10 nitrogen and oxygen atoms in total. The van der Waals surface area contributed by atoms with E-state index in [1.54, 1.807) is 23.8 Å². The Hall–Kier alpha value is -3.57. The van der Waals surface area contributed by atoms with Crippen LogP contribution in [0.15, 0.2) is 23.1 Å². The van der Waals surface area contributed by atoms with Crippen LogP contribution in [0.25, 0.3) is 11.0 Å². The number of aromatic nitrogens is 3. The maximum Gasteiger partial charge on any atom is 0.263 e. The molecule has 1 aliphatic carbocycles. The van der Waals surface area contributed by atoms with E-state index in [2.05, 4.69) is 32.0 Å². The molecule has 216 valence electrons. The van der Waals surface area contributed by atoms with Gasteiger partial charge in [-0.25, -0.2) is 9.37 Å². The first-order valence-corrected chi connectivity index (χ1v) is 14.6. The van der Waals surface area contributed by atoms with E-state index in [-0.39, 0.29) is 40.8 Å². The number of carbonyl (C=O) groups is 1. The molecule has 3 aromatic rings. The van der Waals surface area contributed by atoms with Crippen LogP contribution in [0.5, 0.6) is 5.75 Å². The Morgan fingerprint density at radius 3 is 2.61 bits per heavy atom. The smallest absolute Gasteiger partial charge is 0.263 e. The lowest BCUT2D eigenvalue weighted by Gasteiger charge is -2.51. The summed E-state index contributed by atoms with van der Waals surface area (Å²) in [4.78, 5) is 42.1. The number of nitrogens with one attached hydrogen (secondary N) is 1. The molecule has 3 aliphatic heterocycles. The number of hydrogen-bond acceptors (Lipinski definition) is 9. The summed E-state index contributed by atoms with van der Waals surface area (Å²) >= 11 is 0. The number of Topliss-reactive ketones (excluding diaryl/α,β-unsaturated/α-hetero) is 1. The number of carbonyl (C=O) groups excluding carboxylic acids is 1. The number of rotatable bonds is 5. The zero-order chi connectivity index (χ0) is 28.4. The standard InChI is InChI=1S/C30H36FN7O3/c1-17-23-12-32-30(34-28(23)38(20-6-4-5-7-20)29(40)26(17)18(2)39)33-19-10-24(31)27-25(11-19)41-16-22-15-36(8-9-37(22)27)21-13-35(3)14-21/h10-12,20-22H,4-9,13-16H2,1-3H3,(H,32,33,34)/t22-/m1/s1. The number of ether oxygens (including phenoxy) is 1. The molecular formula is C30H36FN7O3. The molecule has 1 atom stereocenters. The van der Waals surface area contributed by atoms with Crippen LogP contribution in [-0.4, -0.2) is 88.6 Å². The summed E-state index contributed by atoms with van der Waals surface area (Å²) in [6, 6.07) is 3.93. The van der Waals surface area contributed by atoms with Gasteiger partial charge in [-0.1, -0.05) is 12.8 Å². The van der Waals surface area contributed by atoms with E-state index in [9.17, 15) is 9.59 Å². The average Bonchev–Trinajstić information content (AvgIpc) is 3.45. The number of likely N-dealkylation sites (tertiary alicyclic amines) is 1. The number of halogens is 1. The van der Waals surface area contributed by atoms with Gasteiger partial charge >= 0.3 is 0 Å². The predicted octanol–water partition coefficient (Wildman–Crippen LogP) is 3.50. The third-order valence-corrected chi connectivity index (χ3v) is 9.33. The summed E-state index contributed by atoms with van der Waals surface area (Å²) in [6.45, 7) is 8.41. The largest absolute Gasteiger partial charge is 0.489 e. The van der Waals surface area contributed by atoms with Crippen LogP contribution in [0, 0.1) is 12.7 Å². The summed E-state index contributed by atoms with van der Waals surface area (Å²) in [5.41, 5.74) is 1.97. The molecule has 0 amide bonds. The van der Waals surface area contributed by atoms with Crippen LogP contribution >= 0.6 is 0 Å². The van der Waals surface area contributed by atoms with Crippen molar-refractivity contribution in [2.45, 2.75) is 57.7 Å². The van der Waals surface area contributed by atoms with E-state index in [0.29, 0.717) is 46.4 Å². The molecule has 1 saturated carbocycles. The number of nitrogens with zero attached hydrogens (tertiary/aromatic N) is 6. The minimum absolute atomic E-state index is 0.0142. The lowest BCUT2D eigenvalue weighted by molar-refractivity contribution is 0.0322. The highest BCUT2D eigenvalue weighted by atomic mass is 19.1. The van der Waals surface area contributed by atoms with Gasteiger partial charge in [-0.05, 0) is 45.4 Å². The van der Waals surface area contributed by atoms with Gasteiger partial charge < -0.3 is 19.9 Å². The Morgan fingerprint density at radius 1 is 1.10 bits per heavy atom. The third kappa shape index (κ3) is 4.46. The maximum atomic E-state index is 15.6. The van der Waals surface area contributed by atoms with E-state index >= 15 is 4.39 Å². The van der Waals surface area contributed by atoms with Crippen molar-refractivity contribution < 1.29 is 13.9 Å². The molecule has 0 spiro atoms. The Morgan fingerprint density at radius 2 is 1.88 bits per heavy atom. The fourth-order valence-corrected chi connectivity index (χ4v) is 7.20. The molecule has 3 fully saturated rings. The minimum Gasteiger partial charge on any atom is -0.489 e. The molecule has 41 heavy (non-hydrogen) atoms. The Bertz CT molecular complexity index is 1600. The van der Waals surface area contributed by atoms with Crippen LogP contribution < -0.4 is 20.5 Å². The first-order chi connectivity index (χ1) is 19.8. The van der Waals surface area contributed by atoms with Gasteiger partial charge in [0.2, 0.25) is 5.95 Å². The Kier molecular flexibility index (Phi) is 6.46. The van der Waals surface area contributed by atoms with Crippen LogP contribution in [-0.2, 0) is 0 Å².